The number of hydrogen-bond donors (Lipinski definition) is 2. The molecule has 1 spiro atoms. The maximum Gasteiger partial charge on any atom is 0.315 e. The summed E-state index contributed by atoms with van der Waals surface area (Å²) >= 11 is 14.4. The van der Waals surface area contributed by atoms with E-state index in [1.807, 2.05) is 61.3 Å². The molecule has 2 N–H and O–H groups in total. The van der Waals surface area contributed by atoms with E-state index in [1.165, 1.54) is 10.2 Å². The smallest absolute Gasteiger partial charge is 0.315 e. The summed E-state index contributed by atoms with van der Waals surface area (Å²) in [5, 5.41) is 12.4. The van der Waals surface area contributed by atoms with Gasteiger partial charge in [-0.25, -0.2) is 19.4 Å². The molecule has 0 bridgehead atoms. The summed E-state index contributed by atoms with van der Waals surface area (Å²) in [6.07, 6.45) is 4.41. The molecule has 50 heavy (non-hydrogen) atoms. The van der Waals surface area contributed by atoms with Crippen molar-refractivity contribution in [2.24, 2.45) is 7.05 Å². The van der Waals surface area contributed by atoms with Crippen LogP contribution in [0.25, 0.3) is 33.2 Å². The number of nitrogens with one attached hydrogen (secondary N) is 2. The van der Waals surface area contributed by atoms with Crippen LogP contribution in [-0.2, 0) is 13.5 Å². The van der Waals surface area contributed by atoms with Gasteiger partial charge in [-0.2, -0.15) is 5.10 Å². The molecule has 1 aliphatic carbocycles. The van der Waals surface area contributed by atoms with Crippen LogP contribution in [0.5, 0.6) is 5.88 Å². The lowest BCUT2D eigenvalue weighted by Gasteiger charge is -2.28. The molecule has 11 nitrogen and oxygen atoms in total. The number of amides is 2. The Morgan fingerprint density at radius 2 is 1.80 bits per heavy atom. The van der Waals surface area contributed by atoms with Crippen LogP contribution in [0, 0.1) is 6.92 Å². The number of aromatic nitrogens is 4. The lowest BCUT2D eigenvalue weighted by Crippen LogP contribution is -2.46. The summed E-state index contributed by atoms with van der Waals surface area (Å²) in [5.74, 6) is 1.08. The second kappa shape index (κ2) is 12.3. The summed E-state index contributed by atoms with van der Waals surface area (Å²) in [4.78, 5) is 39.2. The molecule has 5 heterocycles. The second-order valence-corrected chi connectivity index (χ2v) is 14.2. The Balaban J connectivity index is 1.15. The molecule has 8 rings (SSSR count). The molecule has 0 radical (unpaired) electrons. The number of ether oxygens (including phenoxy) is 1. The third-order valence-corrected chi connectivity index (χ3v) is 11.2. The molecule has 5 aromatic rings. The van der Waals surface area contributed by atoms with E-state index in [0.717, 1.165) is 66.0 Å². The second-order valence-electron chi connectivity index (χ2n) is 13.4. The average Bonchev–Trinajstić information content (AvgIpc) is 3.83. The van der Waals surface area contributed by atoms with E-state index in [9.17, 15) is 9.59 Å². The fraction of sp³-hybridized carbons (Fsp3) is 0.324. The molecule has 13 heteroatoms. The summed E-state index contributed by atoms with van der Waals surface area (Å²) in [7, 11) is 5.13. The van der Waals surface area contributed by atoms with E-state index in [4.69, 9.17) is 37.9 Å². The van der Waals surface area contributed by atoms with Crippen molar-refractivity contribution >= 4 is 51.5 Å². The van der Waals surface area contributed by atoms with Crippen LogP contribution < -0.4 is 25.8 Å². The van der Waals surface area contributed by atoms with E-state index in [2.05, 4.69) is 26.7 Å². The topological polar surface area (TPSA) is 118 Å². The number of urea groups is 1. The number of rotatable bonds is 6. The standard InChI is InChI=1S/C37H36Cl2N8O3/c1-20-15-22-17-41-46(3)35(48)30(22)33(42-20)45(2)28-10-6-8-24(32(28)39)23-7-5-9-25(31(23)38)26-16-21-11-12-27(29(21)34(43-26)50-4)47-14-13-37(19-47)18-40-36(49)44-37/h5-10,15-17,27H,11-14,18-19H2,1-4H3,(H2,40,44,49). The number of halogens is 2. The predicted molar refractivity (Wildman–Crippen MR) is 196 cm³/mol. The van der Waals surface area contributed by atoms with E-state index < -0.39 is 0 Å². The van der Waals surface area contributed by atoms with E-state index in [0.29, 0.717) is 44.7 Å². The van der Waals surface area contributed by atoms with E-state index in [1.54, 1.807) is 20.4 Å². The number of fused-ring (bicyclic) bond motifs is 2. The monoisotopic (exact) mass is 710 g/mol. The first-order chi connectivity index (χ1) is 24.1. The number of benzene rings is 2. The molecule has 0 saturated carbocycles. The number of carbonyl (C=O) groups excluding carboxylic acids is 1. The fourth-order valence-electron chi connectivity index (χ4n) is 7.88. The lowest BCUT2D eigenvalue weighted by molar-refractivity contribution is 0.219. The van der Waals surface area contributed by atoms with Crippen LogP contribution in [0.15, 0.2) is 59.5 Å². The van der Waals surface area contributed by atoms with E-state index in [-0.39, 0.29) is 23.2 Å². The zero-order valence-electron chi connectivity index (χ0n) is 28.2. The van der Waals surface area contributed by atoms with Crippen molar-refractivity contribution < 1.29 is 9.53 Å². The van der Waals surface area contributed by atoms with Gasteiger partial charge in [0.1, 0.15) is 5.82 Å². The molecule has 2 fully saturated rings. The molecule has 2 amide bonds. The van der Waals surface area contributed by atoms with Gasteiger partial charge in [-0.3, -0.25) is 9.69 Å². The molecule has 256 valence electrons. The average molecular weight is 712 g/mol. The number of pyridine rings is 2. The highest BCUT2D eigenvalue weighted by Gasteiger charge is 2.46. The number of methoxy groups -OCH3 is 1. The first kappa shape index (κ1) is 32.5. The van der Waals surface area contributed by atoms with Crippen LogP contribution in [0.4, 0.5) is 16.3 Å². The van der Waals surface area contributed by atoms with Gasteiger partial charge in [0.15, 0.2) is 0 Å². The highest BCUT2D eigenvalue weighted by Crippen LogP contribution is 2.47. The van der Waals surface area contributed by atoms with Gasteiger partial charge in [-0.15, -0.1) is 0 Å². The maximum absolute atomic E-state index is 13.2. The minimum atomic E-state index is -0.243. The summed E-state index contributed by atoms with van der Waals surface area (Å²) < 4.78 is 7.24. The highest BCUT2D eigenvalue weighted by molar-refractivity contribution is 6.39. The van der Waals surface area contributed by atoms with Gasteiger partial charge in [0.25, 0.3) is 5.56 Å². The number of likely N-dealkylation sites (tertiary alicyclic amines) is 1. The van der Waals surface area contributed by atoms with Gasteiger partial charge in [-0.1, -0.05) is 53.5 Å². The number of carbonyl (C=O) groups is 1. The fourth-order valence-corrected chi connectivity index (χ4v) is 8.56. The number of anilines is 2. The van der Waals surface area contributed by atoms with Gasteiger partial charge in [0.05, 0.1) is 45.7 Å². The van der Waals surface area contributed by atoms with Gasteiger partial charge in [0.2, 0.25) is 5.88 Å². The first-order valence-electron chi connectivity index (χ1n) is 16.6. The van der Waals surface area contributed by atoms with Crippen molar-refractivity contribution in [2.45, 2.75) is 37.8 Å². The Morgan fingerprint density at radius 1 is 1.04 bits per heavy atom. The summed E-state index contributed by atoms with van der Waals surface area (Å²) in [5.41, 5.74) is 6.24. The summed E-state index contributed by atoms with van der Waals surface area (Å²) in [6.45, 7) is 4.21. The Labute approximate surface area is 299 Å². The molecule has 2 unspecified atom stereocenters. The van der Waals surface area contributed by atoms with Gasteiger partial charge >= 0.3 is 6.03 Å². The molecule has 2 aromatic carbocycles. The Morgan fingerprint density at radius 3 is 2.56 bits per heavy atom. The minimum absolute atomic E-state index is 0.0940. The quantitative estimate of drug-likeness (QED) is 0.214. The highest BCUT2D eigenvalue weighted by atomic mass is 35.5. The van der Waals surface area contributed by atoms with Crippen LogP contribution in [0.3, 0.4) is 0 Å². The molecular weight excluding hydrogens is 675 g/mol. The minimum Gasteiger partial charge on any atom is -0.481 e. The molecule has 2 saturated heterocycles. The number of aryl methyl sites for hydroxylation is 3. The van der Waals surface area contributed by atoms with E-state index >= 15 is 0 Å². The van der Waals surface area contributed by atoms with Gasteiger partial charge < -0.3 is 20.3 Å². The molecule has 3 aliphatic rings. The SMILES string of the molecule is COc1nc(-c2cccc(-c3cccc(N(C)c4nc(C)cc5cnn(C)c(=O)c45)c3Cl)c2Cl)cc2c1C(N1CCC3(CNC(=O)N3)C1)CC2. The lowest BCUT2D eigenvalue weighted by atomic mass is 9.99. The van der Waals surface area contributed by atoms with Crippen LogP contribution >= 0.6 is 23.2 Å². The first-order valence-corrected chi connectivity index (χ1v) is 17.4. The molecular formula is C37H36Cl2N8O3. The van der Waals surface area contributed by atoms with Crippen molar-refractivity contribution in [1.82, 2.24) is 35.3 Å². The largest absolute Gasteiger partial charge is 0.481 e. The number of nitrogens with zero attached hydrogens (tertiary/aromatic N) is 6. The van der Waals surface area contributed by atoms with Gasteiger partial charge in [0, 0.05) is 73.1 Å². The van der Waals surface area contributed by atoms with Crippen molar-refractivity contribution in [3.05, 3.63) is 91.9 Å². The molecule has 3 aromatic heterocycles. The van der Waals surface area contributed by atoms with Crippen molar-refractivity contribution in [3.8, 4) is 28.3 Å². The summed E-state index contributed by atoms with van der Waals surface area (Å²) in [6, 6.07) is 15.6. The predicted octanol–water partition coefficient (Wildman–Crippen LogP) is 6.19. The van der Waals surface area contributed by atoms with Crippen molar-refractivity contribution in [2.75, 3.05) is 38.7 Å². The molecule has 2 aliphatic heterocycles. The number of hydrogen-bond acceptors (Lipinski definition) is 8. The third-order valence-electron chi connectivity index (χ3n) is 10.4. The third kappa shape index (κ3) is 5.26. The van der Waals surface area contributed by atoms with Crippen molar-refractivity contribution in [1.29, 1.82) is 0 Å². The van der Waals surface area contributed by atoms with Crippen LogP contribution in [0.2, 0.25) is 10.0 Å². The normalized spacial score (nSPS) is 20.0. The van der Waals surface area contributed by atoms with Gasteiger partial charge in [-0.05, 0) is 49.9 Å². The van der Waals surface area contributed by atoms with Crippen LogP contribution in [-0.4, -0.2) is 70.0 Å². The Hall–Kier alpha value is -4.71. The molecule has 2 atom stereocenters. The van der Waals surface area contributed by atoms with Crippen molar-refractivity contribution in [3.63, 3.8) is 0 Å². The zero-order chi connectivity index (χ0) is 34.9. The maximum atomic E-state index is 13.2. The zero-order valence-corrected chi connectivity index (χ0v) is 29.7. The Bertz CT molecular complexity index is 2280. The Kier molecular flexibility index (Phi) is 7.97. The van der Waals surface area contributed by atoms with Crippen LogP contribution in [0.1, 0.15) is 35.7 Å².